The van der Waals surface area contributed by atoms with Crippen molar-refractivity contribution in [3.8, 4) is 0 Å². The van der Waals surface area contributed by atoms with Gasteiger partial charge in [0.05, 0.1) is 6.54 Å². The Hall–Kier alpha value is -0.740. The van der Waals surface area contributed by atoms with Crippen LogP contribution in [0.2, 0.25) is 0 Å². The minimum atomic E-state index is -0.367. The molecule has 0 aromatic heterocycles. The molecule has 5 nitrogen and oxygen atoms in total. The van der Waals surface area contributed by atoms with Crippen molar-refractivity contribution in [3.63, 3.8) is 0 Å². The molecule has 0 aromatic rings. The van der Waals surface area contributed by atoms with Gasteiger partial charge < -0.3 is 4.74 Å². The van der Waals surface area contributed by atoms with Crippen LogP contribution in [-0.2, 0) is 9.53 Å². The van der Waals surface area contributed by atoms with Crippen molar-refractivity contribution in [2.24, 2.45) is 5.11 Å². The van der Waals surface area contributed by atoms with Gasteiger partial charge >= 0.3 is 5.97 Å². The maximum Gasteiger partial charge on any atom is 0.319 e. The Morgan fingerprint density at radius 3 is 2.75 bits per heavy atom. The van der Waals surface area contributed by atoms with Crippen LogP contribution in [0, 0.1) is 0 Å². The Morgan fingerprint density at radius 2 is 2.33 bits per heavy atom. The van der Waals surface area contributed by atoms with Gasteiger partial charge in [-0.1, -0.05) is 21.0 Å². The van der Waals surface area contributed by atoms with Gasteiger partial charge in [-0.15, -0.1) is 0 Å². The van der Waals surface area contributed by atoms with E-state index >= 15 is 0 Å². The van der Waals surface area contributed by atoms with Gasteiger partial charge in [0.1, 0.15) is 10.9 Å². The van der Waals surface area contributed by atoms with E-state index < -0.39 is 0 Å². The lowest BCUT2D eigenvalue weighted by Crippen LogP contribution is -2.22. The molecule has 0 rings (SSSR count). The third kappa shape index (κ3) is 4.98. The molecule has 0 heterocycles. The molecule has 0 spiro atoms. The molecule has 0 saturated carbocycles. The number of alkyl halides is 1. The standard InChI is InChI=1S/C6H10BrN3O2/c1-4(3-9-10-8)12-6(11)5(2)7/h4-5H,3H2,1-2H3. The molecule has 2 unspecified atom stereocenters. The van der Waals surface area contributed by atoms with Crippen LogP contribution in [0.3, 0.4) is 0 Å². The van der Waals surface area contributed by atoms with Gasteiger partial charge in [-0.3, -0.25) is 4.79 Å². The molecule has 68 valence electrons. The Bertz CT molecular complexity index is 201. The minimum Gasteiger partial charge on any atom is -0.462 e. The van der Waals surface area contributed by atoms with Crippen molar-refractivity contribution < 1.29 is 9.53 Å². The number of esters is 1. The Kier molecular flexibility index (Phi) is 5.49. The SMILES string of the molecule is CC(CN=[N+]=[N-])OC(=O)C(C)Br. The first kappa shape index (κ1) is 11.3. The summed E-state index contributed by atoms with van der Waals surface area (Å²) in [4.78, 5) is 13.1. The molecule has 2 atom stereocenters. The van der Waals surface area contributed by atoms with Crippen LogP contribution in [0.5, 0.6) is 0 Å². The van der Waals surface area contributed by atoms with Gasteiger partial charge in [0.25, 0.3) is 0 Å². The first-order valence-electron chi connectivity index (χ1n) is 3.43. The number of halogens is 1. The third-order valence-corrected chi connectivity index (χ3v) is 1.42. The fourth-order valence-corrected chi connectivity index (χ4v) is 0.589. The van der Waals surface area contributed by atoms with Crippen LogP contribution >= 0.6 is 15.9 Å². The highest BCUT2D eigenvalue weighted by molar-refractivity contribution is 9.10. The van der Waals surface area contributed by atoms with Crippen LogP contribution in [0.4, 0.5) is 0 Å². The van der Waals surface area contributed by atoms with Crippen molar-refractivity contribution in [3.05, 3.63) is 10.4 Å². The largest absolute Gasteiger partial charge is 0.462 e. The molecular formula is C6H10BrN3O2. The van der Waals surface area contributed by atoms with Gasteiger partial charge in [0, 0.05) is 4.91 Å². The lowest BCUT2D eigenvalue weighted by molar-refractivity contribution is -0.146. The van der Waals surface area contributed by atoms with Crippen LogP contribution < -0.4 is 0 Å². The second kappa shape index (κ2) is 5.85. The number of nitrogens with zero attached hydrogens (tertiary/aromatic N) is 3. The third-order valence-electron chi connectivity index (χ3n) is 1.04. The van der Waals surface area contributed by atoms with E-state index in [0.29, 0.717) is 0 Å². The van der Waals surface area contributed by atoms with Crippen molar-refractivity contribution in [1.29, 1.82) is 0 Å². The zero-order valence-electron chi connectivity index (χ0n) is 6.90. The zero-order valence-corrected chi connectivity index (χ0v) is 8.48. The highest BCUT2D eigenvalue weighted by atomic mass is 79.9. The number of hydrogen-bond acceptors (Lipinski definition) is 3. The van der Waals surface area contributed by atoms with Crippen molar-refractivity contribution in [1.82, 2.24) is 0 Å². The van der Waals surface area contributed by atoms with Gasteiger partial charge in [0.15, 0.2) is 0 Å². The monoisotopic (exact) mass is 235 g/mol. The molecule has 0 aromatic carbocycles. The molecule has 6 heteroatoms. The van der Waals surface area contributed by atoms with Gasteiger partial charge in [-0.25, -0.2) is 0 Å². The lowest BCUT2D eigenvalue weighted by Gasteiger charge is -2.11. The molecule has 0 radical (unpaired) electrons. The van der Waals surface area contributed by atoms with Crippen LogP contribution in [-0.4, -0.2) is 23.4 Å². The summed E-state index contributed by atoms with van der Waals surface area (Å²) in [5, 5.41) is 3.27. The van der Waals surface area contributed by atoms with E-state index in [0.717, 1.165) is 0 Å². The first-order chi connectivity index (χ1) is 5.57. The number of azide groups is 1. The molecule has 12 heavy (non-hydrogen) atoms. The van der Waals surface area contributed by atoms with Gasteiger partial charge in [-0.05, 0) is 19.4 Å². The van der Waals surface area contributed by atoms with Crippen molar-refractivity contribution in [2.45, 2.75) is 24.8 Å². The van der Waals surface area contributed by atoms with E-state index in [1.165, 1.54) is 0 Å². The maximum absolute atomic E-state index is 10.9. The summed E-state index contributed by atoms with van der Waals surface area (Å²) in [7, 11) is 0. The van der Waals surface area contributed by atoms with Crippen molar-refractivity contribution >= 4 is 21.9 Å². The summed E-state index contributed by atoms with van der Waals surface area (Å²) < 4.78 is 4.86. The Morgan fingerprint density at radius 1 is 1.75 bits per heavy atom. The summed E-state index contributed by atoms with van der Waals surface area (Å²) in [5.74, 6) is -0.351. The molecule has 0 bridgehead atoms. The average molecular weight is 236 g/mol. The van der Waals surface area contributed by atoms with E-state index in [4.69, 9.17) is 10.3 Å². The van der Waals surface area contributed by atoms with Crippen LogP contribution in [0.25, 0.3) is 10.4 Å². The molecule has 0 aliphatic heterocycles. The molecule has 0 N–H and O–H groups in total. The topological polar surface area (TPSA) is 75.1 Å². The maximum atomic E-state index is 10.9. The van der Waals surface area contributed by atoms with E-state index in [-0.39, 0.29) is 23.4 Å². The fraction of sp³-hybridized carbons (Fsp3) is 0.833. The molecule has 0 fully saturated rings. The number of hydrogen-bond donors (Lipinski definition) is 0. The quantitative estimate of drug-likeness (QED) is 0.246. The zero-order chi connectivity index (χ0) is 9.56. The second-order valence-electron chi connectivity index (χ2n) is 2.28. The Labute approximate surface area is 78.8 Å². The van der Waals surface area contributed by atoms with E-state index in [1.54, 1.807) is 13.8 Å². The predicted octanol–water partition coefficient (Wildman–Crippen LogP) is 2.01. The fourth-order valence-electron chi connectivity index (χ4n) is 0.481. The lowest BCUT2D eigenvalue weighted by atomic mass is 10.4. The molecule has 0 aliphatic carbocycles. The highest BCUT2D eigenvalue weighted by Crippen LogP contribution is 2.03. The van der Waals surface area contributed by atoms with Gasteiger partial charge in [0.2, 0.25) is 0 Å². The summed E-state index contributed by atoms with van der Waals surface area (Å²) >= 11 is 3.06. The van der Waals surface area contributed by atoms with E-state index in [1.807, 2.05) is 0 Å². The molecule has 0 amide bonds. The first-order valence-corrected chi connectivity index (χ1v) is 4.35. The van der Waals surface area contributed by atoms with Gasteiger partial charge in [-0.2, -0.15) is 0 Å². The summed E-state index contributed by atoms with van der Waals surface area (Å²) in [6.45, 7) is 3.51. The Balaban J connectivity index is 3.76. The van der Waals surface area contributed by atoms with Crippen LogP contribution in [0.15, 0.2) is 5.11 Å². The number of rotatable bonds is 4. The number of carbonyl (C=O) groups is 1. The van der Waals surface area contributed by atoms with Crippen LogP contribution in [0.1, 0.15) is 13.8 Å². The number of carbonyl (C=O) groups excluding carboxylic acids is 1. The summed E-state index contributed by atoms with van der Waals surface area (Å²) in [6.07, 6.45) is -0.367. The van der Waals surface area contributed by atoms with Crippen molar-refractivity contribution in [2.75, 3.05) is 6.54 Å². The highest BCUT2D eigenvalue weighted by Gasteiger charge is 2.13. The summed E-state index contributed by atoms with van der Waals surface area (Å²) in [6, 6.07) is 0. The predicted molar refractivity (Wildman–Crippen MR) is 48.0 cm³/mol. The van der Waals surface area contributed by atoms with E-state index in [9.17, 15) is 4.79 Å². The number of ether oxygens (including phenoxy) is 1. The average Bonchev–Trinajstić information content (AvgIpc) is 2.00. The summed E-state index contributed by atoms with van der Waals surface area (Å²) in [5.41, 5.74) is 7.97. The molecule has 0 saturated heterocycles. The molecule has 0 aliphatic rings. The van der Waals surface area contributed by atoms with E-state index in [2.05, 4.69) is 26.0 Å². The normalized spacial score (nSPS) is 14.2. The molecular weight excluding hydrogens is 226 g/mol. The second-order valence-corrected chi connectivity index (χ2v) is 3.65. The minimum absolute atomic E-state index is 0.169. The smallest absolute Gasteiger partial charge is 0.319 e.